The maximum atomic E-state index is 12.3. The molecule has 21 heavy (non-hydrogen) atoms. The smallest absolute Gasteiger partial charge is 0.256 e. The van der Waals surface area contributed by atoms with Crippen LogP contribution in [-0.4, -0.2) is 17.5 Å². The van der Waals surface area contributed by atoms with E-state index >= 15 is 0 Å². The second-order valence-electron chi connectivity index (χ2n) is 4.62. The van der Waals surface area contributed by atoms with E-state index in [1.807, 2.05) is 6.07 Å². The summed E-state index contributed by atoms with van der Waals surface area (Å²) in [6.45, 7) is 0. The molecule has 4 heteroatoms. The normalized spacial score (nSPS) is 13.4. The third-order valence-corrected chi connectivity index (χ3v) is 3.24. The van der Waals surface area contributed by atoms with E-state index in [1.165, 1.54) is 0 Å². The number of nitrogens with one attached hydrogen (secondary N) is 1. The Hall–Kier alpha value is -3.01. The SMILES string of the molecule is O=C1C=C(C(=O)Nc2ccccc2)c2ccccc2C1=O. The van der Waals surface area contributed by atoms with Gasteiger partial charge in [-0.05, 0) is 17.7 Å². The van der Waals surface area contributed by atoms with Gasteiger partial charge >= 0.3 is 0 Å². The highest BCUT2D eigenvalue weighted by Crippen LogP contribution is 2.26. The molecule has 1 amide bonds. The number of Topliss-reactive ketones (excluding diaryl/α,β-unsaturated/α-hetero) is 1. The predicted molar refractivity (Wildman–Crippen MR) is 78.8 cm³/mol. The molecule has 3 rings (SSSR count). The zero-order valence-corrected chi connectivity index (χ0v) is 11.0. The molecule has 0 radical (unpaired) electrons. The molecule has 0 atom stereocenters. The molecule has 1 aliphatic rings. The highest BCUT2D eigenvalue weighted by Gasteiger charge is 2.28. The number of allylic oxidation sites excluding steroid dienone is 1. The fourth-order valence-electron chi connectivity index (χ4n) is 2.23. The fourth-order valence-corrected chi connectivity index (χ4v) is 2.23. The molecule has 0 aromatic heterocycles. The van der Waals surface area contributed by atoms with Gasteiger partial charge in [-0.3, -0.25) is 14.4 Å². The van der Waals surface area contributed by atoms with Crippen LogP contribution in [0.15, 0.2) is 60.7 Å². The van der Waals surface area contributed by atoms with Crippen molar-refractivity contribution in [1.82, 2.24) is 0 Å². The van der Waals surface area contributed by atoms with Gasteiger partial charge in [0.1, 0.15) is 0 Å². The fraction of sp³-hybridized carbons (Fsp3) is 0. The van der Waals surface area contributed by atoms with E-state index in [1.54, 1.807) is 48.5 Å². The van der Waals surface area contributed by atoms with Crippen LogP contribution in [0.2, 0.25) is 0 Å². The van der Waals surface area contributed by atoms with Gasteiger partial charge < -0.3 is 5.32 Å². The average Bonchev–Trinajstić information content (AvgIpc) is 2.52. The molecule has 0 saturated heterocycles. The van der Waals surface area contributed by atoms with Gasteiger partial charge in [0.15, 0.2) is 0 Å². The van der Waals surface area contributed by atoms with E-state index in [9.17, 15) is 14.4 Å². The van der Waals surface area contributed by atoms with E-state index < -0.39 is 17.5 Å². The van der Waals surface area contributed by atoms with E-state index in [4.69, 9.17) is 0 Å². The highest BCUT2D eigenvalue weighted by molar-refractivity contribution is 6.53. The summed E-state index contributed by atoms with van der Waals surface area (Å²) in [5, 5.41) is 2.72. The van der Waals surface area contributed by atoms with E-state index in [-0.39, 0.29) is 11.1 Å². The topological polar surface area (TPSA) is 63.2 Å². The molecule has 2 aromatic carbocycles. The number of hydrogen-bond acceptors (Lipinski definition) is 3. The first kappa shape index (κ1) is 13.0. The average molecular weight is 277 g/mol. The molecule has 4 nitrogen and oxygen atoms in total. The Morgan fingerprint density at radius 1 is 0.810 bits per heavy atom. The minimum absolute atomic E-state index is 0.207. The van der Waals surface area contributed by atoms with Crippen LogP contribution in [0, 0.1) is 0 Å². The minimum atomic E-state index is -0.674. The zero-order valence-electron chi connectivity index (χ0n) is 11.0. The van der Waals surface area contributed by atoms with Crippen LogP contribution in [-0.2, 0) is 9.59 Å². The number of ketones is 2. The van der Waals surface area contributed by atoms with E-state index in [0.717, 1.165) is 6.08 Å². The van der Waals surface area contributed by atoms with Crippen LogP contribution in [0.3, 0.4) is 0 Å². The van der Waals surface area contributed by atoms with Gasteiger partial charge in [-0.15, -0.1) is 0 Å². The second kappa shape index (κ2) is 5.17. The number of rotatable bonds is 2. The third-order valence-electron chi connectivity index (χ3n) is 3.24. The Morgan fingerprint density at radius 3 is 2.14 bits per heavy atom. The molecule has 0 bridgehead atoms. The van der Waals surface area contributed by atoms with Crippen LogP contribution < -0.4 is 5.32 Å². The van der Waals surface area contributed by atoms with Crippen LogP contribution in [0.5, 0.6) is 0 Å². The number of fused-ring (bicyclic) bond motifs is 1. The maximum Gasteiger partial charge on any atom is 0.256 e. The molecule has 1 aliphatic carbocycles. The number of para-hydroxylation sites is 1. The lowest BCUT2D eigenvalue weighted by molar-refractivity contribution is -0.113. The Labute approximate surface area is 121 Å². The molecule has 0 fully saturated rings. The van der Waals surface area contributed by atoms with Crippen molar-refractivity contribution in [3.63, 3.8) is 0 Å². The molecule has 1 N–H and O–H groups in total. The minimum Gasteiger partial charge on any atom is -0.322 e. The van der Waals surface area contributed by atoms with E-state index in [0.29, 0.717) is 11.3 Å². The Bertz CT molecular complexity index is 776. The number of amides is 1. The summed E-state index contributed by atoms with van der Waals surface area (Å²) in [5.74, 6) is -1.66. The van der Waals surface area contributed by atoms with Gasteiger partial charge in [-0.1, -0.05) is 42.5 Å². The molecule has 0 aliphatic heterocycles. The first-order valence-electron chi connectivity index (χ1n) is 6.43. The molecular formula is C17H11NO3. The molecule has 0 unspecified atom stereocenters. The second-order valence-corrected chi connectivity index (χ2v) is 4.62. The lowest BCUT2D eigenvalue weighted by Gasteiger charge is -2.15. The summed E-state index contributed by atoms with van der Waals surface area (Å²) in [5.41, 5.74) is 1.59. The standard InChI is InChI=1S/C17H11NO3/c19-15-10-14(12-8-4-5-9-13(12)16(15)20)17(21)18-11-6-2-1-3-7-11/h1-10H,(H,18,21). The number of carbonyl (C=O) groups excluding carboxylic acids is 3. The Balaban J connectivity index is 1.98. The van der Waals surface area contributed by atoms with Gasteiger partial charge in [0.25, 0.3) is 5.91 Å². The number of carbonyl (C=O) groups is 3. The molecular weight excluding hydrogens is 266 g/mol. The monoisotopic (exact) mass is 277 g/mol. The summed E-state index contributed by atoms with van der Waals surface area (Å²) in [7, 11) is 0. The number of benzene rings is 2. The van der Waals surface area contributed by atoms with Crippen molar-refractivity contribution < 1.29 is 14.4 Å². The first-order chi connectivity index (χ1) is 10.2. The highest BCUT2D eigenvalue weighted by atomic mass is 16.2. The Kier molecular flexibility index (Phi) is 3.20. The van der Waals surface area contributed by atoms with Crippen molar-refractivity contribution in [1.29, 1.82) is 0 Å². The first-order valence-corrected chi connectivity index (χ1v) is 6.43. The molecule has 102 valence electrons. The molecule has 0 spiro atoms. The molecule has 0 saturated carbocycles. The van der Waals surface area contributed by atoms with Crippen molar-refractivity contribution in [2.24, 2.45) is 0 Å². The van der Waals surface area contributed by atoms with Crippen molar-refractivity contribution in [2.75, 3.05) is 5.32 Å². The maximum absolute atomic E-state index is 12.3. The summed E-state index contributed by atoms with van der Waals surface area (Å²) in [6.07, 6.45) is 1.10. The quantitative estimate of drug-likeness (QED) is 0.858. The van der Waals surface area contributed by atoms with Crippen LogP contribution in [0.1, 0.15) is 15.9 Å². The van der Waals surface area contributed by atoms with Gasteiger partial charge in [0.2, 0.25) is 11.6 Å². The predicted octanol–water partition coefficient (Wildman–Crippen LogP) is 2.47. The van der Waals surface area contributed by atoms with E-state index in [2.05, 4.69) is 5.32 Å². The third kappa shape index (κ3) is 2.39. The summed E-state index contributed by atoms with van der Waals surface area (Å²) >= 11 is 0. The summed E-state index contributed by atoms with van der Waals surface area (Å²) in [6, 6.07) is 15.6. The van der Waals surface area contributed by atoms with Gasteiger partial charge in [-0.2, -0.15) is 0 Å². The summed E-state index contributed by atoms with van der Waals surface area (Å²) in [4.78, 5) is 35.9. The zero-order chi connectivity index (χ0) is 14.8. The lowest BCUT2D eigenvalue weighted by Crippen LogP contribution is -2.24. The van der Waals surface area contributed by atoms with Crippen LogP contribution in [0.4, 0.5) is 5.69 Å². The van der Waals surface area contributed by atoms with Gasteiger partial charge in [0.05, 0.1) is 5.57 Å². The Morgan fingerprint density at radius 2 is 1.43 bits per heavy atom. The van der Waals surface area contributed by atoms with Gasteiger partial charge in [0, 0.05) is 17.3 Å². The summed E-state index contributed by atoms with van der Waals surface area (Å²) < 4.78 is 0. The van der Waals surface area contributed by atoms with Crippen molar-refractivity contribution in [2.45, 2.75) is 0 Å². The van der Waals surface area contributed by atoms with Crippen molar-refractivity contribution >= 4 is 28.7 Å². The molecule has 0 heterocycles. The largest absolute Gasteiger partial charge is 0.322 e. The molecule has 2 aromatic rings. The van der Waals surface area contributed by atoms with Crippen LogP contribution >= 0.6 is 0 Å². The van der Waals surface area contributed by atoms with Crippen LogP contribution in [0.25, 0.3) is 5.57 Å². The lowest BCUT2D eigenvalue weighted by atomic mass is 9.89. The number of hydrogen-bond donors (Lipinski definition) is 1. The van der Waals surface area contributed by atoms with Crippen molar-refractivity contribution in [3.8, 4) is 0 Å². The van der Waals surface area contributed by atoms with Crippen molar-refractivity contribution in [3.05, 3.63) is 71.8 Å². The van der Waals surface area contributed by atoms with Gasteiger partial charge in [-0.25, -0.2) is 0 Å². The number of anilines is 1.